The smallest absolute Gasteiger partial charge is 0.224 e. The van der Waals surface area contributed by atoms with E-state index in [4.69, 9.17) is 0 Å². The fourth-order valence-corrected chi connectivity index (χ4v) is 4.66. The van der Waals surface area contributed by atoms with E-state index in [9.17, 15) is 4.79 Å². The number of nitrogens with zero attached hydrogens (tertiary/aromatic N) is 3. The number of rotatable bonds is 9. The number of anilines is 1. The summed E-state index contributed by atoms with van der Waals surface area (Å²) in [5.41, 5.74) is 3.21. The Hall–Kier alpha value is -2.17. The van der Waals surface area contributed by atoms with Gasteiger partial charge in [-0.2, -0.15) is 0 Å². The number of carbonyl (C=O) groups excluding carboxylic acids is 1. The van der Waals surface area contributed by atoms with Crippen LogP contribution in [0.2, 0.25) is 0 Å². The van der Waals surface area contributed by atoms with Crippen molar-refractivity contribution in [3.63, 3.8) is 0 Å². The Morgan fingerprint density at radius 1 is 1.20 bits per heavy atom. The molecule has 1 amide bonds. The standard InChI is InChI=1S/C25H36N4O/c1-16(2)5-7-19-14-20(15-19)25-28-27-23(29(25)21-8-9-21)11-12-24(30)26-22-10-6-17(3)13-18(22)4/h6,10,13,16,19-21H,5,7-9,11-12,14-15H2,1-4H3,(H,26,30). The van der Waals surface area contributed by atoms with E-state index in [0.717, 1.165) is 28.9 Å². The Labute approximate surface area is 180 Å². The molecule has 5 heteroatoms. The van der Waals surface area contributed by atoms with Gasteiger partial charge in [0, 0.05) is 30.5 Å². The summed E-state index contributed by atoms with van der Waals surface area (Å²) >= 11 is 0. The molecule has 1 heterocycles. The van der Waals surface area contributed by atoms with Crippen molar-refractivity contribution in [1.82, 2.24) is 14.8 Å². The van der Waals surface area contributed by atoms with Crippen LogP contribution in [0.25, 0.3) is 0 Å². The van der Waals surface area contributed by atoms with Crippen LogP contribution in [0.1, 0.15) is 93.5 Å². The third kappa shape index (κ3) is 4.93. The number of nitrogens with one attached hydrogen (secondary N) is 1. The average Bonchev–Trinajstić information content (AvgIpc) is 3.41. The van der Waals surface area contributed by atoms with Gasteiger partial charge in [-0.15, -0.1) is 10.2 Å². The van der Waals surface area contributed by atoms with Crippen LogP contribution >= 0.6 is 0 Å². The van der Waals surface area contributed by atoms with Crippen molar-refractivity contribution in [2.24, 2.45) is 11.8 Å². The van der Waals surface area contributed by atoms with Gasteiger partial charge in [0.15, 0.2) is 0 Å². The molecule has 30 heavy (non-hydrogen) atoms. The minimum absolute atomic E-state index is 0.0474. The lowest BCUT2D eigenvalue weighted by Gasteiger charge is -2.35. The van der Waals surface area contributed by atoms with Crippen LogP contribution in [0.15, 0.2) is 18.2 Å². The number of aromatic nitrogens is 3. The van der Waals surface area contributed by atoms with Crippen molar-refractivity contribution in [3.05, 3.63) is 41.0 Å². The Kier molecular flexibility index (Phi) is 6.26. The maximum Gasteiger partial charge on any atom is 0.224 e. The fourth-order valence-electron chi connectivity index (χ4n) is 4.66. The Bertz CT molecular complexity index is 891. The second-order valence-electron chi connectivity index (χ2n) is 9.95. The van der Waals surface area contributed by atoms with Crippen molar-refractivity contribution in [1.29, 1.82) is 0 Å². The van der Waals surface area contributed by atoms with Crippen LogP contribution in [-0.2, 0) is 11.2 Å². The highest BCUT2D eigenvalue weighted by molar-refractivity contribution is 5.91. The summed E-state index contributed by atoms with van der Waals surface area (Å²) in [6, 6.07) is 6.67. The summed E-state index contributed by atoms with van der Waals surface area (Å²) in [4.78, 5) is 12.5. The zero-order chi connectivity index (χ0) is 21.3. The van der Waals surface area contributed by atoms with Gasteiger partial charge in [-0.05, 0) is 63.0 Å². The molecule has 0 unspecified atom stereocenters. The molecule has 0 saturated heterocycles. The van der Waals surface area contributed by atoms with Gasteiger partial charge in [0.25, 0.3) is 0 Å². The van der Waals surface area contributed by atoms with Crippen LogP contribution in [0.3, 0.4) is 0 Å². The SMILES string of the molecule is Cc1ccc(NC(=O)CCc2nnc(C3CC(CCC(C)C)C3)n2C2CC2)c(C)c1. The first-order valence-corrected chi connectivity index (χ1v) is 11.7. The molecule has 162 valence electrons. The minimum atomic E-state index is 0.0474. The van der Waals surface area contributed by atoms with Crippen molar-refractivity contribution in [3.8, 4) is 0 Å². The highest BCUT2D eigenvalue weighted by Crippen LogP contribution is 2.46. The molecule has 1 aromatic heterocycles. The van der Waals surface area contributed by atoms with E-state index in [2.05, 4.69) is 46.9 Å². The molecule has 1 aromatic carbocycles. The van der Waals surface area contributed by atoms with Crippen LogP contribution in [0, 0.1) is 25.7 Å². The van der Waals surface area contributed by atoms with Crippen molar-refractivity contribution in [2.75, 3.05) is 5.32 Å². The molecule has 2 aliphatic carbocycles. The number of amides is 1. The zero-order valence-corrected chi connectivity index (χ0v) is 18.9. The van der Waals surface area contributed by atoms with E-state index < -0.39 is 0 Å². The Balaban J connectivity index is 1.34. The number of hydrogen-bond acceptors (Lipinski definition) is 3. The van der Waals surface area contributed by atoms with E-state index in [1.165, 1.54) is 49.9 Å². The number of aryl methyl sites for hydroxylation is 3. The largest absolute Gasteiger partial charge is 0.326 e. The van der Waals surface area contributed by atoms with Gasteiger partial charge >= 0.3 is 0 Å². The van der Waals surface area contributed by atoms with Gasteiger partial charge in [-0.1, -0.05) is 44.4 Å². The van der Waals surface area contributed by atoms with Gasteiger partial charge < -0.3 is 9.88 Å². The molecule has 0 atom stereocenters. The summed E-state index contributed by atoms with van der Waals surface area (Å²) in [5.74, 6) is 4.44. The average molecular weight is 409 g/mol. The second kappa shape index (κ2) is 8.91. The molecule has 0 spiro atoms. The lowest BCUT2D eigenvalue weighted by Crippen LogP contribution is -2.25. The van der Waals surface area contributed by atoms with Crippen LogP contribution < -0.4 is 5.32 Å². The summed E-state index contributed by atoms with van der Waals surface area (Å²) in [6.45, 7) is 8.71. The summed E-state index contributed by atoms with van der Waals surface area (Å²) in [5, 5.41) is 12.2. The first-order chi connectivity index (χ1) is 14.4. The molecule has 0 bridgehead atoms. The van der Waals surface area contributed by atoms with E-state index in [-0.39, 0.29) is 5.91 Å². The molecular weight excluding hydrogens is 372 g/mol. The summed E-state index contributed by atoms with van der Waals surface area (Å²) < 4.78 is 2.38. The molecule has 0 aliphatic heterocycles. The maximum absolute atomic E-state index is 12.5. The first-order valence-electron chi connectivity index (χ1n) is 11.7. The summed E-state index contributed by atoms with van der Waals surface area (Å²) in [7, 11) is 0. The molecule has 1 N–H and O–H groups in total. The lowest BCUT2D eigenvalue weighted by atomic mass is 9.71. The maximum atomic E-state index is 12.5. The van der Waals surface area contributed by atoms with Gasteiger partial charge in [-0.3, -0.25) is 4.79 Å². The third-order valence-electron chi connectivity index (χ3n) is 6.69. The number of hydrogen-bond donors (Lipinski definition) is 1. The molecular formula is C25H36N4O. The predicted octanol–water partition coefficient (Wildman–Crippen LogP) is 5.73. The number of carbonyl (C=O) groups is 1. The molecule has 5 nitrogen and oxygen atoms in total. The van der Waals surface area contributed by atoms with E-state index >= 15 is 0 Å². The normalized spacial score (nSPS) is 21.0. The van der Waals surface area contributed by atoms with Gasteiger partial charge in [0.2, 0.25) is 5.91 Å². The first kappa shape index (κ1) is 21.1. The monoisotopic (exact) mass is 408 g/mol. The predicted molar refractivity (Wildman–Crippen MR) is 121 cm³/mol. The molecule has 2 fully saturated rings. The Morgan fingerprint density at radius 2 is 1.97 bits per heavy atom. The highest BCUT2D eigenvalue weighted by Gasteiger charge is 2.37. The topological polar surface area (TPSA) is 59.8 Å². The third-order valence-corrected chi connectivity index (χ3v) is 6.69. The van der Waals surface area contributed by atoms with Crippen molar-refractivity contribution < 1.29 is 4.79 Å². The van der Waals surface area contributed by atoms with Crippen LogP contribution in [0.5, 0.6) is 0 Å². The van der Waals surface area contributed by atoms with Gasteiger partial charge in [-0.25, -0.2) is 0 Å². The molecule has 2 aromatic rings. The summed E-state index contributed by atoms with van der Waals surface area (Å²) in [6.07, 6.45) is 8.72. The van der Waals surface area contributed by atoms with E-state index in [0.29, 0.717) is 24.8 Å². The molecule has 4 rings (SSSR count). The fraction of sp³-hybridized carbons (Fsp3) is 0.640. The molecule has 2 saturated carbocycles. The van der Waals surface area contributed by atoms with Crippen LogP contribution in [0.4, 0.5) is 5.69 Å². The zero-order valence-electron chi connectivity index (χ0n) is 18.9. The van der Waals surface area contributed by atoms with E-state index in [1.54, 1.807) is 0 Å². The molecule has 2 aliphatic rings. The van der Waals surface area contributed by atoms with Crippen molar-refractivity contribution in [2.45, 2.75) is 91.0 Å². The lowest BCUT2D eigenvalue weighted by molar-refractivity contribution is -0.116. The van der Waals surface area contributed by atoms with Gasteiger partial charge in [0.05, 0.1) is 0 Å². The van der Waals surface area contributed by atoms with Crippen LogP contribution in [-0.4, -0.2) is 20.7 Å². The minimum Gasteiger partial charge on any atom is -0.326 e. The van der Waals surface area contributed by atoms with E-state index in [1.807, 2.05) is 19.1 Å². The van der Waals surface area contributed by atoms with Gasteiger partial charge in [0.1, 0.15) is 11.6 Å². The Morgan fingerprint density at radius 3 is 2.63 bits per heavy atom. The number of benzene rings is 1. The molecule has 0 radical (unpaired) electrons. The highest BCUT2D eigenvalue weighted by atomic mass is 16.1. The quantitative estimate of drug-likeness (QED) is 0.576. The van der Waals surface area contributed by atoms with Crippen molar-refractivity contribution >= 4 is 11.6 Å². The second-order valence-corrected chi connectivity index (χ2v) is 9.95.